The van der Waals surface area contributed by atoms with Crippen molar-refractivity contribution in [2.45, 2.75) is 31.3 Å². The number of hydrogen-bond acceptors (Lipinski definition) is 5. The van der Waals surface area contributed by atoms with Gasteiger partial charge in [-0.25, -0.2) is 0 Å². The largest absolute Gasteiger partial charge is 0.481 e. The van der Waals surface area contributed by atoms with Crippen LogP contribution in [0.2, 0.25) is 0 Å². The number of carboxylic acids is 2. The Morgan fingerprint density at radius 1 is 0.955 bits per heavy atom. The van der Waals surface area contributed by atoms with Gasteiger partial charge in [-0.2, -0.15) is 0 Å². The number of Topliss-reactive ketones (excluding diaryl/α,β-unsaturated/α-hetero) is 1. The van der Waals surface area contributed by atoms with Gasteiger partial charge in [0.1, 0.15) is 0 Å². The molecule has 1 aromatic rings. The Kier molecular flexibility index (Phi) is 6.68. The molecule has 1 aromatic carbocycles. The first-order chi connectivity index (χ1) is 10.3. The number of nitrogens with two attached hydrogens (primary N) is 2. The number of carbonyl (C=O) groups is 3. The average Bonchev–Trinajstić information content (AvgIpc) is 2.43. The Morgan fingerprint density at radius 3 is 2.00 bits per heavy atom. The topological polar surface area (TPSA) is 144 Å². The van der Waals surface area contributed by atoms with Crippen LogP contribution in [0.3, 0.4) is 0 Å². The van der Waals surface area contributed by atoms with Gasteiger partial charge in [-0.1, -0.05) is 30.3 Å². The molecule has 0 bridgehead atoms. The summed E-state index contributed by atoms with van der Waals surface area (Å²) in [5.74, 6) is -3.68. The minimum absolute atomic E-state index is 0.224. The van der Waals surface area contributed by atoms with Crippen LogP contribution >= 0.6 is 0 Å². The van der Waals surface area contributed by atoms with Gasteiger partial charge < -0.3 is 21.7 Å². The first kappa shape index (κ1) is 17.8. The summed E-state index contributed by atoms with van der Waals surface area (Å²) in [6, 6.07) is 6.84. The van der Waals surface area contributed by atoms with Gasteiger partial charge >= 0.3 is 11.9 Å². The van der Waals surface area contributed by atoms with Gasteiger partial charge in [0.2, 0.25) is 0 Å². The first-order valence-electron chi connectivity index (χ1n) is 6.83. The molecule has 0 fully saturated rings. The third kappa shape index (κ3) is 5.63. The van der Waals surface area contributed by atoms with Crippen LogP contribution in [-0.4, -0.2) is 40.0 Å². The molecular formula is C15H20N2O5. The van der Waals surface area contributed by atoms with E-state index in [1.165, 1.54) is 0 Å². The number of ketones is 1. The van der Waals surface area contributed by atoms with Crippen molar-refractivity contribution >= 4 is 17.7 Å². The minimum Gasteiger partial charge on any atom is -0.481 e. The van der Waals surface area contributed by atoms with Crippen LogP contribution < -0.4 is 11.5 Å². The van der Waals surface area contributed by atoms with Gasteiger partial charge in [0.25, 0.3) is 0 Å². The average molecular weight is 308 g/mol. The van der Waals surface area contributed by atoms with Gasteiger partial charge in [0.05, 0.1) is 18.9 Å². The van der Waals surface area contributed by atoms with E-state index in [2.05, 4.69) is 0 Å². The van der Waals surface area contributed by atoms with E-state index in [-0.39, 0.29) is 12.8 Å². The Bertz CT molecular complexity index is 532. The molecule has 7 heteroatoms. The van der Waals surface area contributed by atoms with Crippen molar-refractivity contribution in [3.8, 4) is 0 Å². The van der Waals surface area contributed by atoms with Crippen LogP contribution in [-0.2, 0) is 20.8 Å². The molecule has 0 heterocycles. The highest BCUT2D eigenvalue weighted by molar-refractivity contribution is 5.90. The van der Waals surface area contributed by atoms with E-state index in [0.717, 1.165) is 5.56 Å². The highest BCUT2D eigenvalue weighted by atomic mass is 16.4. The van der Waals surface area contributed by atoms with E-state index in [1.807, 2.05) is 6.07 Å². The van der Waals surface area contributed by atoms with Crippen molar-refractivity contribution in [2.75, 3.05) is 0 Å². The smallest absolute Gasteiger partial charge is 0.305 e. The molecule has 0 aliphatic heterocycles. The molecule has 0 aliphatic rings. The van der Waals surface area contributed by atoms with E-state index in [1.54, 1.807) is 24.3 Å². The van der Waals surface area contributed by atoms with Gasteiger partial charge in [-0.3, -0.25) is 14.4 Å². The monoisotopic (exact) mass is 308 g/mol. The lowest BCUT2D eigenvalue weighted by atomic mass is 9.84. The zero-order valence-corrected chi connectivity index (χ0v) is 12.0. The quantitative estimate of drug-likeness (QED) is 0.503. The number of rotatable bonds is 9. The second-order valence-corrected chi connectivity index (χ2v) is 5.16. The van der Waals surface area contributed by atoms with E-state index in [0.29, 0.717) is 0 Å². The molecule has 0 radical (unpaired) electrons. The number of benzene rings is 1. The summed E-state index contributed by atoms with van der Waals surface area (Å²) < 4.78 is 0. The number of hydrogen-bond donors (Lipinski definition) is 4. The summed E-state index contributed by atoms with van der Waals surface area (Å²) in [5.41, 5.74) is 12.2. The number of carbonyl (C=O) groups excluding carboxylic acids is 1. The molecular weight excluding hydrogens is 288 g/mol. The maximum Gasteiger partial charge on any atom is 0.305 e. The molecule has 0 saturated carbocycles. The van der Waals surface area contributed by atoms with Gasteiger partial charge in [0.15, 0.2) is 5.78 Å². The van der Waals surface area contributed by atoms with Crippen molar-refractivity contribution in [1.29, 1.82) is 0 Å². The van der Waals surface area contributed by atoms with Crippen LogP contribution in [0.1, 0.15) is 18.4 Å². The molecule has 0 saturated heterocycles. The molecule has 0 spiro atoms. The molecule has 0 aromatic heterocycles. The fraction of sp³-hybridized carbons (Fsp3) is 0.400. The molecule has 22 heavy (non-hydrogen) atoms. The lowest BCUT2D eigenvalue weighted by molar-refractivity contribution is -0.141. The fourth-order valence-corrected chi connectivity index (χ4v) is 2.24. The van der Waals surface area contributed by atoms with Crippen molar-refractivity contribution in [2.24, 2.45) is 17.4 Å². The lowest BCUT2D eigenvalue weighted by Gasteiger charge is -2.24. The highest BCUT2D eigenvalue weighted by Gasteiger charge is 2.31. The molecule has 2 unspecified atom stereocenters. The maximum absolute atomic E-state index is 12.3. The van der Waals surface area contributed by atoms with Gasteiger partial charge in [-0.15, -0.1) is 0 Å². The molecule has 1 rings (SSSR count). The zero-order chi connectivity index (χ0) is 16.7. The third-order valence-electron chi connectivity index (χ3n) is 3.35. The number of aliphatic carboxylic acids is 2. The minimum atomic E-state index is -1.20. The SMILES string of the molecule is NC(CC(=O)O)C(Cc1ccccc1)C(=O)[C@H](N)CC(=O)O. The van der Waals surface area contributed by atoms with Crippen LogP contribution in [0.15, 0.2) is 30.3 Å². The summed E-state index contributed by atoms with van der Waals surface area (Å²) in [4.78, 5) is 33.9. The Hall–Kier alpha value is -2.25. The fourth-order valence-electron chi connectivity index (χ4n) is 2.24. The van der Waals surface area contributed by atoms with Crippen LogP contribution in [0, 0.1) is 5.92 Å². The Morgan fingerprint density at radius 2 is 1.50 bits per heavy atom. The van der Waals surface area contributed by atoms with E-state index < -0.39 is 42.1 Å². The normalized spacial score (nSPS) is 14.8. The summed E-state index contributed by atoms with van der Waals surface area (Å²) in [5, 5.41) is 17.6. The molecule has 120 valence electrons. The first-order valence-corrected chi connectivity index (χ1v) is 6.83. The van der Waals surface area contributed by atoms with E-state index >= 15 is 0 Å². The van der Waals surface area contributed by atoms with Crippen molar-refractivity contribution < 1.29 is 24.6 Å². The Labute approximate surface area is 127 Å². The predicted octanol–water partition coefficient (Wildman–Crippen LogP) is 0.0184. The molecule has 3 atom stereocenters. The lowest BCUT2D eigenvalue weighted by Crippen LogP contribution is -2.46. The highest BCUT2D eigenvalue weighted by Crippen LogP contribution is 2.17. The van der Waals surface area contributed by atoms with E-state index in [4.69, 9.17) is 21.7 Å². The molecule has 0 amide bonds. The van der Waals surface area contributed by atoms with Gasteiger partial charge in [0, 0.05) is 12.0 Å². The van der Waals surface area contributed by atoms with Crippen molar-refractivity contribution in [3.05, 3.63) is 35.9 Å². The van der Waals surface area contributed by atoms with Gasteiger partial charge in [-0.05, 0) is 12.0 Å². The Balaban J connectivity index is 2.92. The second-order valence-electron chi connectivity index (χ2n) is 5.16. The van der Waals surface area contributed by atoms with Crippen LogP contribution in [0.4, 0.5) is 0 Å². The zero-order valence-electron chi connectivity index (χ0n) is 12.0. The van der Waals surface area contributed by atoms with Crippen LogP contribution in [0.25, 0.3) is 0 Å². The summed E-state index contributed by atoms with van der Waals surface area (Å²) in [6.45, 7) is 0. The molecule has 7 nitrogen and oxygen atoms in total. The molecule has 6 N–H and O–H groups in total. The molecule has 0 aliphatic carbocycles. The van der Waals surface area contributed by atoms with Crippen molar-refractivity contribution in [1.82, 2.24) is 0 Å². The summed E-state index contributed by atoms with van der Waals surface area (Å²) in [6.07, 6.45) is -0.672. The summed E-state index contributed by atoms with van der Waals surface area (Å²) in [7, 11) is 0. The van der Waals surface area contributed by atoms with Crippen molar-refractivity contribution in [3.63, 3.8) is 0 Å². The van der Waals surface area contributed by atoms with Crippen LogP contribution in [0.5, 0.6) is 0 Å². The third-order valence-corrected chi connectivity index (χ3v) is 3.35. The standard InChI is InChI=1S/C15H20N2O5/c16-11(7-13(18)19)10(6-9-4-2-1-3-5-9)15(22)12(17)8-14(20)21/h1-5,10-12H,6-8,16-17H2,(H,18,19)(H,20,21)/t10?,11?,12-/m1/s1. The predicted molar refractivity (Wildman–Crippen MR) is 79.1 cm³/mol. The second kappa shape index (κ2) is 8.26. The number of carboxylic acid groups (broad SMARTS) is 2. The maximum atomic E-state index is 12.3. The summed E-state index contributed by atoms with van der Waals surface area (Å²) >= 11 is 0. The van der Waals surface area contributed by atoms with E-state index in [9.17, 15) is 14.4 Å².